The lowest BCUT2D eigenvalue weighted by Crippen LogP contribution is -1.84. The summed E-state index contributed by atoms with van der Waals surface area (Å²) in [6.07, 6.45) is 11.0. The summed E-state index contributed by atoms with van der Waals surface area (Å²) in [5, 5.41) is 8.05. The lowest BCUT2D eigenvalue weighted by Gasteiger charge is -1.79. The molecule has 0 fully saturated rings. The van der Waals surface area contributed by atoms with E-state index in [9.17, 15) is 9.59 Å². The van der Waals surface area contributed by atoms with Crippen LogP contribution < -0.4 is 0 Å². The molecule has 0 radical (unpaired) electrons. The molecule has 0 aromatic heterocycles. The summed E-state index contributed by atoms with van der Waals surface area (Å²) in [6.45, 7) is 4.08. The summed E-state index contributed by atoms with van der Waals surface area (Å²) in [6, 6.07) is 0. The van der Waals surface area contributed by atoms with Gasteiger partial charge in [0.15, 0.2) is 0 Å². The molecule has 0 unspecified atom stereocenters. The summed E-state index contributed by atoms with van der Waals surface area (Å²) in [5.74, 6) is -0.863. The monoisotopic (exact) mass is 212 g/mol. The van der Waals surface area contributed by atoms with E-state index in [0.717, 1.165) is 32.0 Å². The standard InChI is InChI=1S/C6H10O2.C6H10O/c1-2-3-4-5-6(7)8;1-2-3-4-5-6-7/h4-5H,2-3H2,1H3,(H,7,8);4-6H,2-3H2,1H3/b2*5-4+. The lowest BCUT2D eigenvalue weighted by atomic mass is 10.3. The molecular formula is C12H20O3. The van der Waals surface area contributed by atoms with Crippen LogP contribution in [0.15, 0.2) is 24.3 Å². The van der Waals surface area contributed by atoms with E-state index in [1.165, 1.54) is 12.2 Å². The van der Waals surface area contributed by atoms with Gasteiger partial charge in [-0.15, -0.1) is 0 Å². The smallest absolute Gasteiger partial charge is 0.327 e. The molecule has 0 rings (SSSR count). The molecule has 0 aliphatic carbocycles. The third-order valence-corrected chi connectivity index (χ3v) is 1.39. The van der Waals surface area contributed by atoms with E-state index in [1.54, 1.807) is 6.08 Å². The third kappa shape index (κ3) is 24.5. The van der Waals surface area contributed by atoms with Gasteiger partial charge in [0, 0.05) is 6.08 Å². The van der Waals surface area contributed by atoms with Crippen molar-refractivity contribution in [3.8, 4) is 0 Å². The van der Waals surface area contributed by atoms with Gasteiger partial charge >= 0.3 is 5.97 Å². The quantitative estimate of drug-likeness (QED) is 0.544. The Morgan fingerprint density at radius 3 is 2.07 bits per heavy atom. The van der Waals surface area contributed by atoms with Crippen LogP contribution >= 0.6 is 0 Å². The zero-order valence-electron chi connectivity index (χ0n) is 9.48. The molecular weight excluding hydrogens is 192 g/mol. The Labute approximate surface area is 91.5 Å². The molecule has 0 heterocycles. The van der Waals surface area contributed by atoms with Crippen molar-refractivity contribution in [1.29, 1.82) is 0 Å². The van der Waals surface area contributed by atoms with E-state index in [4.69, 9.17) is 5.11 Å². The zero-order valence-corrected chi connectivity index (χ0v) is 9.48. The maximum Gasteiger partial charge on any atom is 0.327 e. The first-order valence-electron chi connectivity index (χ1n) is 5.18. The van der Waals surface area contributed by atoms with Gasteiger partial charge in [-0.3, -0.25) is 4.79 Å². The Hall–Kier alpha value is -1.38. The van der Waals surface area contributed by atoms with Crippen molar-refractivity contribution in [2.24, 2.45) is 0 Å². The first-order chi connectivity index (χ1) is 7.18. The fourth-order valence-corrected chi connectivity index (χ4v) is 0.669. The first kappa shape index (κ1) is 16.1. The average molecular weight is 212 g/mol. The van der Waals surface area contributed by atoms with Crippen molar-refractivity contribution in [2.75, 3.05) is 0 Å². The Bertz CT molecular complexity index is 205. The molecule has 0 aromatic rings. The van der Waals surface area contributed by atoms with Crippen LogP contribution in [0.2, 0.25) is 0 Å². The minimum absolute atomic E-state index is 0.801. The topological polar surface area (TPSA) is 54.4 Å². The Morgan fingerprint density at radius 1 is 1.13 bits per heavy atom. The molecule has 86 valence electrons. The van der Waals surface area contributed by atoms with Gasteiger partial charge in [0.1, 0.15) is 6.29 Å². The minimum Gasteiger partial charge on any atom is -0.478 e. The molecule has 3 nitrogen and oxygen atoms in total. The van der Waals surface area contributed by atoms with E-state index in [-0.39, 0.29) is 0 Å². The van der Waals surface area contributed by atoms with Crippen LogP contribution in [0.3, 0.4) is 0 Å². The van der Waals surface area contributed by atoms with Gasteiger partial charge in [-0.25, -0.2) is 4.79 Å². The van der Waals surface area contributed by atoms with Crippen molar-refractivity contribution >= 4 is 12.3 Å². The molecule has 0 atom stereocenters. The molecule has 0 bridgehead atoms. The van der Waals surface area contributed by atoms with Crippen molar-refractivity contribution in [3.05, 3.63) is 24.3 Å². The average Bonchev–Trinajstić information content (AvgIpc) is 2.20. The number of aliphatic carboxylic acids is 1. The number of hydrogen-bond acceptors (Lipinski definition) is 2. The van der Waals surface area contributed by atoms with Crippen molar-refractivity contribution in [2.45, 2.75) is 39.5 Å². The van der Waals surface area contributed by atoms with Gasteiger partial charge in [-0.1, -0.05) is 38.8 Å². The number of allylic oxidation sites excluding steroid dienone is 3. The number of carboxylic acids is 1. The molecule has 0 amide bonds. The molecule has 0 saturated heterocycles. The fourth-order valence-electron chi connectivity index (χ4n) is 0.669. The van der Waals surface area contributed by atoms with Crippen molar-refractivity contribution < 1.29 is 14.7 Å². The van der Waals surface area contributed by atoms with Gasteiger partial charge in [0.2, 0.25) is 0 Å². The van der Waals surface area contributed by atoms with Crippen LogP contribution in [-0.4, -0.2) is 17.4 Å². The van der Waals surface area contributed by atoms with E-state index in [2.05, 4.69) is 6.92 Å². The fraction of sp³-hybridized carbons (Fsp3) is 0.500. The highest BCUT2D eigenvalue weighted by Crippen LogP contribution is 1.86. The second-order valence-electron chi connectivity index (χ2n) is 2.88. The first-order valence-corrected chi connectivity index (χ1v) is 5.18. The van der Waals surface area contributed by atoms with E-state index in [1.807, 2.05) is 13.0 Å². The minimum atomic E-state index is -0.863. The molecule has 15 heavy (non-hydrogen) atoms. The van der Waals surface area contributed by atoms with Crippen LogP contribution in [0.4, 0.5) is 0 Å². The number of unbranched alkanes of at least 4 members (excludes halogenated alkanes) is 2. The molecule has 0 aromatic carbocycles. The van der Waals surface area contributed by atoms with E-state index in [0.29, 0.717) is 0 Å². The van der Waals surface area contributed by atoms with Crippen LogP contribution in [0, 0.1) is 0 Å². The van der Waals surface area contributed by atoms with Gasteiger partial charge < -0.3 is 5.11 Å². The molecule has 3 heteroatoms. The maximum atomic E-state index is 9.79. The highest BCUT2D eigenvalue weighted by atomic mass is 16.4. The number of carbonyl (C=O) groups is 2. The highest BCUT2D eigenvalue weighted by molar-refractivity contribution is 5.79. The number of carbonyl (C=O) groups excluding carboxylic acids is 1. The normalized spacial score (nSPS) is 10.0. The summed E-state index contributed by atoms with van der Waals surface area (Å²) in [5.41, 5.74) is 0. The molecule has 1 N–H and O–H groups in total. The van der Waals surface area contributed by atoms with Crippen molar-refractivity contribution in [3.63, 3.8) is 0 Å². The molecule has 0 spiro atoms. The second-order valence-corrected chi connectivity index (χ2v) is 2.88. The zero-order chi connectivity index (χ0) is 11.9. The number of aldehydes is 1. The predicted octanol–water partition coefficient (Wildman–Crippen LogP) is 2.97. The summed E-state index contributed by atoms with van der Waals surface area (Å²) < 4.78 is 0. The van der Waals surface area contributed by atoms with Gasteiger partial charge in [-0.2, -0.15) is 0 Å². The summed E-state index contributed by atoms with van der Waals surface area (Å²) in [4.78, 5) is 19.4. The van der Waals surface area contributed by atoms with Gasteiger partial charge in [0.25, 0.3) is 0 Å². The molecule has 0 aliphatic heterocycles. The number of carboxylic acid groups (broad SMARTS) is 1. The number of hydrogen-bond donors (Lipinski definition) is 1. The molecule has 0 saturated carbocycles. The van der Waals surface area contributed by atoms with Crippen LogP contribution in [0.25, 0.3) is 0 Å². The van der Waals surface area contributed by atoms with Crippen LogP contribution in [-0.2, 0) is 9.59 Å². The van der Waals surface area contributed by atoms with Crippen LogP contribution in [0.1, 0.15) is 39.5 Å². The van der Waals surface area contributed by atoms with Crippen molar-refractivity contribution in [1.82, 2.24) is 0 Å². The van der Waals surface area contributed by atoms with E-state index >= 15 is 0 Å². The summed E-state index contributed by atoms with van der Waals surface area (Å²) in [7, 11) is 0. The highest BCUT2D eigenvalue weighted by Gasteiger charge is 1.81. The largest absolute Gasteiger partial charge is 0.478 e. The van der Waals surface area contributed by atoms with Gasteiger partial charge in [-0.05, 0) is 18.9 Å². The summed E-state index contributed by atoms with van der Waals surface area (Å²) >= 11 is 0. The van der Waals surface area contributed by atoms with Crippen LogP contribution in [0.5, 0.6) is 0 Å². The predicted molar refractivity (Wildman–Crippen MR) is 61.8 cm³/mol. The Morgan fingerprint density at radius 2 is 1.67 bits per heavy atom. The second kappa shape index (κ2) is 15.1. The number of rotatable bonds is 6. The third-order valence-electron chi connectivity index (χ3n) is 1.39. The maximum absolute atomic E-state index is 9.79. The van der Waals surface area contributed by atoms with Gasteiger partial charge in [0.05, 0.1) is 0 Å². The SMILES string of the molecule is CCC/C=C/C(=O)O.CCC/C=C/C=O. The van der Waals surface area contributed by atoms with E-state index < -0.39 is 5.97 Å². The lowest BCUT2D eigenvalue weighted by molar-refractivity contribution is -0.131. The Balaban J connectivity index is 0. The molecule has 0 aliphatic rings. The Kier molecular flexibility index (Phi) is 16.2.